The van der Waals surface area contributed by atoms with Crippen molar-refractivity contribution in [1.29, 1.82) is 0 Å². The van der Waals surface area contributed by atoms with Crippen LogP contribution >= 0.6 is 0 Å². The summed E-state index contributed by atoms with van der Waals surface area (Å²) >= 11 is 0. The molecule has 0 heterocycles. The van der Waals surface area contributed by atoms with Crippen molar-refractivity contribution in [1.82, 2.24) is 0 Å². The molecule has 0 unspecified atom stereocenters. The molecule has 1 atom stereocenters. The van der Waals surface area contributed by atoms with Crippen LogP contribution in [0.4, 0.5) is 0 Å². The molecule has 0 bridgehead atoms. The molecule has 0 fully saturated rings. The van der Waals surface area contributed by atoms with E-state index in [2.05, 4.69) is 4.74 Å². The number of carbonyl (C=O) groups is 2. The van der Waals surface area contributed by atoms with Gasteiger partial charge >= 0.3 is 5.97 Å². The number of esters is 1. The van der Waals surface area contributed by atoms with Gasteiger partial charge in [-0.25, -0.2) is 0 Å². The second-order valence-electron chi connectivity index (χ2n) is 2.00. The van der Waals surface area contributed by atoms with Crippen molar-refractivity contribution >= 4 is 11.9 Å². The third kappa shape index (κ3) is 3.06. The molecule has 0 aromatic carbocycles. The van der Waals surface area contributed by atoms with Gasteiger partial charge in [0.05, 0.1) is 13.0 Å². The standard InChI is InChI=1S/C6H10O4/c1-4(3-5(7)8)6(9)10-2/h4H,3H2,1-2H3,(H,7,8)/p-1/t4-/m0/s1. The van der Waals surface area contributed by atoms with Crippen LogP contribution in [0, 0.1) is 5.92 Å². The van der Waals surface area contributed by atoms with Crippen molar-refractivity contribution in [3.63, 3.8) is 0 Å². The number of ether oxygens (including phenoxy) is 1. The third-order valence-corrected chi connectivity index (χ3v) is 1.08. The molecule has 0 saturated heterocycles. The maximum atomic E-state index is 10.5. The molecule has 4 heteroatoms. The molecule has 10 heavy (non-hydrogen) atoms. The fourth-order valence-corrected chi connectivity index (χ4v) is 0.535. The zero-order valence-electron chi connectivity index (χ0n) is 5.92. The molecule has 0 saturated carbocycles. The maximum absolute atomic E-state index is 10.5. The molecule has 0 aliphatic carbocycles. The van der Waals surface area contributed by atoms with Gasteiger partial charge in [-0.05, 0) is 6.42 Å². The zero-order valence-corrected chi connectivity index (χ0v) is 5.92. The summed E-state index contributed by atoms with van der Waals surface area (Å²) in [5.74, 6) is -2.38. The first kappa shape index (κ1) is 8.94. The molecule has 0 aromatic heterocycles. The lowest BCUT2D eigenvalue weighted by atomic mass is 10.1. The van der Waals surface area contributed by atoms with Gasteiger partial charge in [0, 0.05) is 5.97 Å². The van der Waals surface area contributed by atoms with Crippen molar-refractivity contribution in [3.8, 4) is 0 Å². The van der Waals surface area contributed by atoms with Gasteiger partial charge in [-0.1, -0.05) is 6.92 Å². The predicted octanol–water partition coefficient (Wildman–Crippen LogP) is -1.06. The lowest BCUT2D eigenvalue weighted by molar-refractivity contribution is -0.306. The molecule has 0 amide bonds. The summed E-state index contributed by atoms with van der Waals surface area (Å²) in [7, 11) is 1.22. The van der Waals surface area contributed by atoms with Gasteiger partial charge in [0.1, 0.15) is 0 Å². The minimum atomic E-state index is -1.24. The van der Waals surface area contributed by atoms with Crippen LogP contribution in [0.2, 0.25) is 0 Å². The first-order valence-corrected chi connectivity index (χ1v) is 2.85. The average Bonchev–Trinajstić information content (AvgIpc) is 1.85. The Morgan fingerprint density at radius 3 is 2.40 bits per heavy atom. The van der Waals surface area contributed by atoms with Crippen molar-refractivity contribution < 1.29 is 19.4 Å². The van der Waals surface area contributed by atoms with E-state index >= 15 is 0 Å². The fourth-order valence-electron chi connectivity index (χ4n) is 0.535. The second kappa shape index (κ2) is 3.87. The first-order valence-electron chi connectivity index (χ1n) is 2.85. The van der Waals surface area contributed by atoms with E-state index in [1.807, 2.05) is 0 Å². The maximum Gasteiger partial charge on any atom is 0.308 e. The molecule has 0 aliphatic heterocycles. The van der Waals surface area contributed by atoms with Crippen LogP contribution in [0.1, 0.15) is 13.3 Å². The Labute approximate surface area is 58.8 Å². The SMILES string of the molecule is COC(=O)[C@@H](C)CC(=O)[O-]. The highest BCUT2D eigenvalue weighted by atomic mass is 16.5. The second-order valence-corrected chi connectivity index (χ2v) is 2.00. The summed E-state index contributed by atoms with van der Waals surface area (Å²) in [5, 5.41) is 9.91. The van der Waals surface area contributed by atoms with Gasteiger partial charge in [0.2, 0.25) is 0 Å². The number of carbonyl (C=O) groups excluding carboxylic acids is 2. The lowest BCUT2D eigenvalue weighted by Crippen LogP contribution is -2.27. The molecular weight excluding hydrogens is 136 g/mol. The van der Waals surface area contributed by atoms with E-state index < -0.39 is 17.9 Å². The van der Waals surface area contributed by atoms with Crippen molar-refractivity contribution in [2.45, 2.75) is 13.3 Å². The molecular formula is C6H9O4-. The number of carboxylic acids is 1. The third-order valence-electron chi connectivity index (χ3n) is 1.08. The first-order chi connectivity index (χ1) is 4.57. The van der Waals surface area contributed by atoms with E-state index in [0.29, 0.717) is 0 Å². The van der Waals surface area contributed by atoms with E-state index in [9.17, 15) is 14.7 Å². The number of aliphatic carboxylic acids is 1. The lowest BCUT2D eigenvalue weighted by Gasteiger charge is -2.08. The van der Waals surface area contributed by atoms with E-state index in [1.54, 1.807) is 0 Å². The summed E-state index contributed by atoms with van der Waals surface area (Å²) in [6.45, 7) is 1.47. The van der Waals surface area contributed by atoms with Gasteiger partial charge in [-0.2, -0.15) is 0 Å². The number of methoxy groups -OCH3 is 1. The highest BCUT2D eigenvalue weighted by Gasteiger charge is 2.12. The summed E-state index contributed by atoms with van der Waals surface area (Å²) in [5.41, 5.74) is 0. The van der Waals surface area contributed by atoms with E-state index in [1.165, 1.54) is 14.0 Å². The van der Waals surface area contributed by atoms with Gasteiger partial charge in [-0.3, -0.25) is 4.79 Å². The largest absolute Gasteiger partial charge is 0.550 e. The number of hydrogen-bond donors (Lipinski definition) is 0. The molecule has 4 nitrogen and oxygen atoms in total. The Morgan fingerprint density at radius 1 is 1.60 bits per heavy atom. The molecule has 0 rings (SSSR count). The van der Waals surface area contributed by atoms with E-state index in [0.717, 1.165) is 0 Å². The smallest absolute Gasteiger partial charge is 0.308 e. The van der Waals surface area contributed by atoms with E-state index in [-0.39, 0.29) is 6.42 Å². The van der Waals surface area contributed by atoms with Crippen LogP contribution < -0.4 is 5.11 Å². The van der Waals surface area contributed by atoms with Crippen LogP contribution in [0.3, 0.4) is 0 Å². The molecule has 0 aromatic rings. The summed E-state index contributed by atoms with van der Waals surface area (Å²) in [6, 6.07) is 0. The van der Waals surface area contributed by atoms with Crippen LogP contribution in [-0.2, 0) is 14.3 Å². The van der Waals surface area contributed by atoms with Crippen molar-refractivity contribution in [2.75, 3.05) is 7.11 Å². The summed E-state index contributed by atoms with van der Waals surface area (Å²) < 4.78 is 4.28. The number of hydrogen-bond acceptors (Lipinski definition) is 4. The Bertz CT molecular complexity index is 141. The Morgan fingerprint density at radius 2 is 2.10 bits per heavy atom. The van der Waals surface area contributed by atoms with Crippen LogP contribution in [0.5, 0.6) is 0 Å². The Kier molecular flexibility index (Phi) is 3.46. The Balaban J connectivity index is 3.72. The molecule has 0 radical (unpaired) electrons. The predicted molar refractivity (Wildman–Crippen MR) is 30.8 cm³/mol. The zero-order chi connectivity index (χ0) is 8.15. The summed E-state index contributed by atoms with van der Waals surface area (Å²) in [4.78, 5) is 20.4. The highest BCUT2D eigenvalue weighted by molar-refractivity contribution is 5.77. The number of carboxylic acid groups (broad SMARTS) is 1. The monoisotopic (exact) mass is 145 g/mol. The normalized spacial score (nSPS) is 12.2. The van der Waals surface area contributed by atoms with Crippen LogP contribution in [-0.4, -0.2) is 19.0 Å². The minimum absolute atomic E-state index is 0.285. The van der Waals surface area contributed by atoms with Gasteiger partial charge in [0.25, 0.3) is 0 Å². The number of rotatable bonds is 3. The van der Waals surface area contributed by atoms with Crippen molar-refractivity contribution in [2.24, 2.45) is 5.92 Å². The van der Waals surface area contributed by atoms with Gasteiger partial charge < -0.3 is 14.6 Å². The van der Waals surface area contributed by atoms with Gasteiger partial charge in [-0.15, -0.1) is 0 Å². The Hall–Kier alpha value is -1.06. The fraction of sp³-hybridized carbons (Fsp3) is 0.667. The molecule has 0 spiro atoms. The molecule has 58 valence electrons. The topological polar surface area (TPSA) is 66.4 Å². The molecule has 0 aliphatic rings. The van der Waals surface area contributed by atoms with Crippen LogP contribution in [0.25, 0.3) is 0 Å². The summed E-state index contributed by atoms with van der Waals surface area (Å²) in [6.07, 6.45) is -0.285. The highest BCUT2D eigenvalue weighted by Crippen LogP contribution is 2.01. The average molecular weight is 145 g/mol. The van der Waals surface area contributed by atoms with Gasteiger partial charge in [0.15, 0.2) is 0 Å². The van der Waals surface area contributed by atoms with E-state index in [4.69, 9.17) is 0 Å². The molecule has 0 N–H and O–H groups in total. The van der Waals surface area contributed by atoms with Crippen LogP contribution in [0.15, 0.2) is 0 Å². The van der Waals surface area contributed by atoms with Crippen molar-refractivity contribution in [3.05, 3.63) is 0 Å². The quantitative estimate of drug-likeness (QED) is 0.474. The minimum Gasteiger partial charge on any atom is -0.550 e.